The van der Waals surface area contributed by atoms with Crippen LogP contribution in [0.5, 0.6) is 0 Å². The molecule has 0 unspecified atom stereocenters. The van der Waals surface area contributed by atoms with Gasteiger partial charge in [0, 0.05) is 18.2 Å². The minimum Gasteiger partial charge on any atom is -0.444 e. The van der Waals surface area contributed by atoms with Crippen molar-refractivity contribution in [3.05, 3.63) is 78.2 Å². The molecule has 1 saturated heterocycles. The summed E-state index contributed by atoms with van der Waals surface area (Å²) in [5, 5.41) is 0. The van der Waals surface area contributed by atoms with Gasteiger partial charge in [-0.3, -0.25) is 4.90 Å². The lowest BCUT2D eigenvalue weighted by molar-refractivity contribution is 0.241. The van der Waals surface area contributed by atoms with E-state index >= 15 is 0 Å². The summed E-state index contributed by atoms with van der Waals surface area (Å²) in [5.74, 6) is 0.712. The minimum atomic E-state index is 0.601. The largest absolute Gasteiger partial charge is 0.444 e. The van der Waals surface area contributed by atoms with Crippen LogP contribution in [0.4, 0.5) is 0 Å². The lowest BCUT2D eigenvalue weighted by Gasteiger charge is -2.23. The van der Waals surface area contributed by atoms with Crippen molar-refractivity contribution in [2.75, 3.05) is 6.54 Å². The van der Waals surface area contributed by atoms with Gasteiger partial charge in [-0.05, 0) is 43.5 Å². The highest BCUT2D eigenvalue weighted by Crippen LogP contribution is 2.24. The van der Waals surface area contributed by atoms with E-state index in [0.717, 1.165) is 30.8 Å². The molecule has 0 N–H and O–H groups in total. The molecule has 1 aromatic heterocycles. The Labute approximate surface area is 143 Å². The summed E-state index contributed by atoms with van der Waals surface area (Å²) in [6.45, 7) is 2.01. The van der Waals surface area contributed by atoms with Crippen LogP contribution in [0.2, 0.25) is 0 Å². The van der Waals surface area contributed by atoms with E-state index < -0.39 is 0 Å². The Hall–Kier alpha value is -2.39. The Morgan fingerprint density at radius 3 is 2.54 bits per heavy atom. The highest BCUT2D eigenvalue weighted by atomic mass is 16.3. The van der Waals surface area contributed by atoms with E-state index in [1.165, 1.54) is 18.4 Å². The Balaban J connectivity index is 1.44. The molecule has 1 atom stereocenters. The summed E-state index contributed by atoms with van der Waals surface area (Å²) < 4.78 is 5.68. The van der Waals surface area contributed by atoms with Gasteiger partial charge in [-0.1, -0.05) is 48.5 Å². The van der Waals surface area contributed by atoms with E-state index in [2.05, 4.69) is 40.2 Å². The van der Waals surface area contributed by atoms with E-state index in [-0.39, 0.29) is 0 Å². The third-order valence-electron chi connectivity index (χ3n) is 4.75. The molecule has 2 aromatic carbocycles. The zero-order chi connectivity index (χ0) is 16.2. The third kappa shape index (κ3) is 3.41. The first-order chi connectivity index (χ1) is 11.9. The second-order valence-electron chi connectivity index (χ2n) is 6.47. The Bertz CT molecular complexity index is 767. The molecular formula is C21H22N2O. The maximum atomic E-state index is 5.68. The normalized spacial score (nSPS) is 18.1. The first-order valence-electron chi connectivity index (χ1n) is 8.66. The van der Waals surface area contributed by atoms with E-state index in [9.17, 15) is 0 Å². The van der Waals surface area contributed by atoms with Crippen LogP contribution in [0.3, 0.4) is 0 Å². The van der Waals surface area contributed by atoms with Gasteiger partial charge in [0.2, 0.25) is 5.89 Å². The molecular weight excluding hydrogens is 296 g/mol. The van der Waals surface area contributed by atoms with Crippen LogP contribution in [0.1, 0.15) is 24.1 Å². The standard InChI is InChI=1S/C21H22N2O/c1-3-8-17(9-4-1)14-20-12-7-13-23(20)15-19-16-24-21(22-19)18-10-5-2-6-11-18/h1-6,8-11,16,20H,7,12-15H2/t20-/m1/s1. The molecule has 24 heavy (non-hydrogen) atoms. The van der Waals surface area contributed by atoms with Crippen molar-refractivity contribution in [2.45, 2.75) is 31.8 Å². The first kappa shape index (κ1) is 15.2. The predicted molar refractivity (Wildman–Crippen MR) is 95.5 cm³/mol. The average molecular weight is 318 g/mol. The van der Waals surface area contributed by atoms with Crippen molar-refractivity contribution in [3.8, 4) is 11.5 Å². The zero-order valence-corrected chi connectivity index (χ0v) is 13.8. The van der Waals surface area contributed by atoms with Crippen molar-refractivity contribution in [3.63, 3.8) is 0 Å². The van der Waals surface area contributed by atoms with Crippen LogP contribution < -0.4 is 0 Å². The third-order valence-corrected chi connectivity index (χ3v) is 4.75. The molecule has 122 valence electrons. The van der Waals surface area contributed by atoms with E-state index in [4.69, 9.17) is 4.42 Å². The van der Waals surface area contributed by atoms with Gasteiger partial charge in [0.25, 0.3) is 0 Å². The molecule has 4 rings (SSSR count). The van der Waals surface area contributed by atoms with Gasteiger partial charge in [-0.25, -0.2) is 4.98 Å². The second kappa shape index (κ2) is 7.02. The predicted octanol–water partition coefficient (Wildman–Crippen LogP) is 4.55. The fourth-order valence-corrected chi connectivity index (χ4v) is 3.52. The molecule has 2 heterocycles. The van der Waals surface area contributed by atoms with Gasteiger partial charge < -0.3 is 4.42 Å². The van der Waals surface area contributed by atoms with Gasteiger partial charge in [0.05, 0.1) is 5.69 Å². The van der Waals surface area contributed by atoms with Crippen LogP contribution in [-0.4, -0.2) is 22.5 Å². The van der Waals surface area contributed by atoms with Crippen molar-refractivity contribution in [2.24, 2.45) is 0 Å². The molecule has 3 aromatic rings. The number of hydrogen-bond acceptors (Lipinski definition) is 3. The molecule has 3 nitrogen and oxygen atoms in total. The number of hydrogen-bond donors (Lipinski definition) is 0. The molecule has 1 fully saturated rings. The van der Waals surface area contributed by atoms with E-state index in [0.29, 0.717) is 11.9 Å². The quantitative estimate of drug-likeness (QED) is 0.691. The number of benzene rings is 2. The summed E-state index contributed by atoms with van der Waals surface area (Å²) in [4.78, 5) is 7.22. The van der Waals surface area contributed by atoms with Crippen LogP contribution in [0.15, 0.2) is 71.3 Å². The van der Waals surface area contributed by atoms with Crippen molar-refractivity contribution >= 4 is 0 Å². The molecule has 1 aliphatic rings. The molecule has 0 amide bonds. The van der Waals surface area contributed by atoms with Gasteiger partial charge in [0.1, 0.15) is 6.26 Å². The molecule has 0 spiro atoms. The fourth-order valence-electron chi connectivity index (χ4n) is 3.52. The number of nitrogens with zero attached hydrogens (tertiary/aromatic N) is 2. The monoisotopic (exact) mass is 318 g/mol. The average Bonchev–Trinajstić information content (AvgIpc) is 3.27. The zero-order valence-electron chi connectivity index (χ0n) is 13.8. The Morgan fingerprint density at radius 2 is 1.75 bits per heavy atom. The van der Waals surface area contributed by atoms with Crippen LogP contribution >= 0.6 is 0 Å². The van der Waals surface area contributed by atoms with E-state index in [1.807, 2.05) is 30.3 Å². The molecule has 3 heteroatoms. The lowest BCUT2D eigenvalue weighted by atomic mass is 10.0. The SMILES string of the molecule is c1ccc(C[C@H]2CCCN2Cc2coc(-c3ccccc3)n2)cc1. The van der Waals surface area contributed by atoms with Crippen LogP contribution in [0.25, 0.3) is 11.5 Å². The van der Waals surface area contributed by atoms with Gasteiger partial charge in [0.15, 0.2) is 0 Å². The minimum absolute atomic E-state index is 0.601. The maximum absolute atomic E-state index is 5.68. The number of oxazole rings is 1. The lowest BCUT2D eigenvalue weighted by Crippen LogP contribution is -2.30. The Morgan fingerprint density at radius 1 is 1.00 bits per heavy atom. The fraction of sp³-hybridized carbons (Fsp3) is 0.286. The number of rotatable bonds is 5. The molecule has 0 saturated carbocycles. The first-order valence-corrected chi connectivity index (χ1v) is 8.66. The van der Waals surface area contributed by atoms with E-state index in [1.54, 1.807) is 6.26 Å². The number of likely N-dealkylation sites (tertiary alicyclic amines) is 1. The molecule has 1 aliphatic heterocycles. The van der Waals surface area contributed by atoms with Crippen LogP contribution in [0, 0.1) is 0 Å². The number of aromatic nitrogens is 1. The summed E-state index contributed by atoms with van der Waals surface area (Å²) in [5.41, 5.74) is 3.47. The smallest absolute Gasteiger partial charge is 0.226 e. The molecule has 0 aliphatic carbocycles. The molecule has 0 radical (unpaired) electrons. The van der Waals surface area contributed by atoms with Crippen LogP contribution in [-0.2, 0) is 13.0 Å². The second-order valence-corrected chi connectivity index (χ2v) is 6.47. The topological polar surface area (TPSA) is 29.3 Å². The summed E-state index contributed by atoms with van der Waals surface area (Å²) in [6, 6.07) is 21.5. The van der Waals surface area contributed by atoms with Crippen molar-refractivity contribution in [1.82, 2.24) is 9.88 Å². The summed E-state index contributed by atoms with van der Waals surface area (Å²) >= 11 is 0. The van der Waals surface area contributed by atoms with Crippen molar-refractivity contribution < 1.29 is 4.42 Å². The van der Waals surface area contributed by atoms with Gasteiger partial charge >= 0.3 is 0 Å². The summed E-state index contributed by atoms with van der Waals surface area (Å²) in [7, 11) is 0. The molecule has 0 bridgehead atoms. The van der Waals surface area contributed by atoms with Gasteiger partial charge in [-0.2, -0.15) is 0 Å². The van der Waals surface area contributed by atoms with Gasteiger partial charge in [-0.15, -0.1) is 0 Å². The van der Waals surface area contributed by atoms with Crippen molar-refractivity contribution in [1.29, 1.82) is 0 Å². The highest BCUT2D eigenvalue weighted by molar-refractivity contribution is 5.52. The summed E-state index contributed by atoms with van der Waals surface area (Å²) in [6.07, 6.45) is 5.45. The highest BCUT2D eigenvalue weighted by Gasteiger charge is 2.25. The maximum Gasteiger partial charge on any atom is 0.226 e. The Kier molecular flexibility index (Phi) is 4.43.